The Balaban J connectivity index is 2.73. The Morgan fingerprint density at radius 3 is 2.67 bits per heavy atom. The van der Waals surface area contributed by atoms with Crippen LogP contribution in [0.4, 0.5) is 5.69 Å². The molecule has 0 radical (unpaired) electrons. The second-order valence-electron chi connectivity index (χ2n) is 3.63. The van der Waals surface area contributed by atoms with E-state index in [1.54, 1.807) is 12.4 Å². The molecule has 1 aromatic rings. The first kappa shape index (κ1) is 11.7. The normalized spacial score (nSPS) is 11.4. The maximum absolute atomic E-state index is 12.0. The van der Waals surface area contributed by atoms with E-state index >= 15 is 0 Å². The van der Waals surface area contributed by atoms with E-state index in [4.69, 9.17) is 5.73 Å². The van der Waals surface area contributed by atoms with Crippen LogP contribution in [0.2, 0.25) is 0 Å². The smallest absolute Gasteiger partial charge is 0.231 e. The van der Waals surface area contributed by atoms with Crippen LogP contribution in [-0.4, -0.2) is 22.6 Å². The van der Waals surface area contributed by atoms with Gasteiger partial charge in [-0.25, -0.2) is 0 Å². The van der Waals surface area contributed by atoms with Gasteiger partial charge in [-0.1, -0.05) is 13.8 Å². The van der Waals surface area contributed by atoms with Gasteiger partial charge in [0.25, 0.3) is 0 Å². The van der Waals surface area contributed by atoms with Crippen molar-refractivity contribution in [3.63, 3.8) is 0 Å². The molecule has 1 heterocycles. The van der Waals surface area contributed by atoms with Gasteiger partial charge < -0.3 is 11.1 Å². The molecule has 0 aliphatic carbocycles. The second-order valence-corrected chi connectivity index (χ2v) is 3.63. The molecule has 5 nitrogen and oxygen atoms in total. The molecule has 1 amide bonds. The highest BCUT2D eigenvalue weighted by Gasteiger charge is 2.33. The maximum atomic E-state index is 12.0. The number of amides is 1. The molecule has 0 aliphatic heterocycles. The lowest BCUT2D eigenvalue weighted by molar-refractivity contribution is -0.125. The minimum atomic E-state index is -0.461. The number of hydrogen-bond acceptors (Lipinski definition) is 3. The van der Waals surface area contributed by atoms with Gasteiger partial charge in [-0.05, 0) is 12.8 Å². The number of aromatic nitrogens is 2. The summed E-state index contributed by atoms with van der Waals surface area (Å²) in [7, 11) is 0. The van der Waals surface area contributed by atoms with Crippen LogP contribution in [0.25, 0.3) is 0 Å². The molecule has 0 saturated carbocycles. The van der Waals surface area contributed by atoms with E-state index in [0.29, 0.717) is 12.2 Å². The first-order chi connectivity index (χ1) is 7.18. The van der Waals surface area contributed by atoms with Gasteiger partial charge >= 0.3 is 0 Å². The molecule has 1 aromatic heterocycles. The van der Waals surface area contributed by atoms with E-state index < -0.39 is 5.41 Å². The van der Waals surface area contributed by atoms with Gasteiger partial charge in [-0.2, -0.15) is 5.10 Å². The van der Waals surface area contributed by atoms with Crippen molar-refractivity contribution in [2.45, 2.75) is 26.7 Å². The summed E-state index contributed by atoms with van der Waals surface area (Å²) in [6.07, 6.45) is 4.70. The molecular weight excluding hydrogens is 192 g/mol. The topological polar surface area (TPSA) is 83.8 Å². The number of nitrogens with zero attached hydrogens (tertiary/aromatic N) is 1. The van der Waals surface area contributed by atoms with Crippen molar-refractivity contribution in [1.29, 1.82) is 0 Å². The number of aromatic amines is 1. The van der Waals surface area contributed by atoms with Gasteiger partial charge in [-0.3, -0.25) is 9.89 Å². The van der Waals surface area contributed by atoms with E-state index in [0.717, 1.165) is 12.8 Å². The molecule has 0 bridgehead atoms. The lowest BCUT2D eigenvalue weighted by atomic mass is 9.81. The zero-order chi connectivity index (χ0) is 11.3. The average molecular weight is 210 g/mol. The molecule has 0 aliphatic rings. The predicted octanol–water partition coefficient (Wildman–Crippen LogP) is 1.11. The summed E-state index contributed by atoms with van der Waals surface area (Å²) < 4.78 is 0. The average Bonchev–Trinajstić information content (AvgIpc) is 2.74. The van der Waals surface area contributed by atoms with E-state index in [9.17, 15) is 4.79 Å². The van der Waals surface area contributed by atoms with Crippen LogP contribution in [0, 0.1) is 5.41 Å². The fraction of sp³-hybridized carbons (Fsp3) is 0.600. The summed E-state index contributed by atoms with van der Waals surface area (Å²) >= 11 is 0. The molecule has 4 N–H and O–H groups in total. The molecule has 84 valence electrons. The van der Waals surface area contributed by atoms with Crippen LogP contribution >= 0.6 is 0 Å². The van der Waals surface area contributed by atoms with Crippen LogP contribution in [0.15, 0.2) is 12.4 Å². The summed E-state index contributed by atoms with van der Waals surface area (Å²) in [5, 5.41) is 9.21. The van der Waals surface area contributed by atoms with Crippen LogP contribution in [0.3, 0.4) is 0 Å². The monoisotopic (exact) mass is 210 g/mol. The van der Waals surface area contributed by atoms with Gasteiger partial charge in [0.2, 0.25) is 5.91 Å². The van der Waals surface area contributed by atoms with Gasteiger partial charge in [0.15, 0.2) is 0 Å². The zero-order valence-corrected chi connectivity index (χ0v) is 9.21. The van der Waals surface area contributed by atoms with Gasteiger partial charge in [0.1, 0.15) is 0 Å². The molecule has 0 atom stereocenters. The quantitative estimate of drug-likeness (QED) is 0.680. The van der Waals surface area contributed by atoms with Crippen LogP contribution in [0.5, 0.6) is 0 Å². The molecule has 0 spiro atoms. The van der Waals surface area contributed by atoms with Crippen molar-refractivity contribution in [1.82, 2.24) is 10.2 Å². The van der Waals surface area contributed by atoms with Crippen LogP contribution < -0.4 is 11.1 Å². The van der Waals surface area contributed by atoms with Gasteiger partial charge in [-0.15, -0.1) is 0 Å². The standard InChI is InChI=1S/C10H18N4O/c1-3-10(4-2,7-11)9(15)14-8-5-12-13-6-8/h5-6H,3-4,7,11H2,1-2H3,(H,12,13)(H,14,15). The number of nitrogens with one attached hydrogen (secondary N) is 2. The Morgan fingerprint density at radius 2 is 2.27 bits per heavy atom. The largest absolute Gasteiger partial charge is 0.329 e. The number of H-pyrrole nitrogens is 1. The molecule has 1 rings (SSSR count). The Morgan fingerprint density at radius 1 is 1.60 bits per heavy atom. The van der Waals surface area contributed by atoms with Crippen molar-refractivity contribution < 1.29 is 4.79 Å². The molecule has 0 aromatic carbocycles. The summed E-state index contributed by atoms with van der Waals surface area (Å²) in [4.78, 5) is 12.0. The lowest BCUT2D eigenvalue weighted by Gasteiger charge is -2.28. The molecule has 0 saturated heterocycles. The third-order valence-corrected chi connectivity index (χ3v) is 2.98. The fourth-order valence-electron chi connectivity index (χ4n) is 1.54. The highest BCUT2D eigenvalue weighted by Crippen LogP contribution is 2.26. The fourth-order valence-corrected chi connectivity index (χ4v) is 1.54. The van der Waals surface area contributed by atoms with Gasteiger partial charge in [0.05, 0.1) is 17.3 Å². The van der Waals surface area contributed by atoms with E-state index in [2.05, 4.69) is 15.5 Å². The van der Waals surface area contributed by atoms with E-state index in [1.165, 1.54) is 0 Å². The number of hydrogen-bond donors (Lipinski definition) is 3. The molecule has 0 unspecified atom stereocenters. The van der Waals surface area contributed by atoms with Crippen molar-refractivity contribution in [2.75, 3.05) is 11.9 Å². The van der Waals surface area contributed by atoms with Crippen LogP contribution in [-0.2, 0) is 4.79 Å². The maximum Gasteiger partial charge on any atom is 0.231 e. The number of rotatable bonds is 5. The summed E-state index contributed by atoms with van der Waals surface area (Å²) in [6.45, 7) is 4.32. The summed E-state index contributed by atoms with van der Waals surface area (Å²) in [6, 6.07) is 0. The Bertz CT molecular complexity index is 295. The second kappa shape index (κ2) is 4.93. The first-order valence-electron chi connectivity index (χ1n) is 5.19. The first-order valence-corrected chi connectivity index (χ1v) is 5.19. The van der Waals surface area contributed by atoms with Gasteiger partial charge in [0, 0.05) is 12.7 Å². The summed E-state index contributed by atoms with van der Waals surface area (Å²) in [5.41, 5.74) is 5.89. The van der Waals surface area contributed by atoms with E-state index in [-0.39, 0.29) is 5.91 Å². The highest BCUT2D eigenvalue weighted by molar-refractivity contribution is 5.95. The predicted molar refractivity (Wildman–Crippen MR) is 59.3 cm³/mol. The van der Waals surface area contributed by atoms with Crippen molar-refractivity contribution in [3.8, 4) is 0 Å². The number of anilines is 1. The van der Waals surface area contributed by atoms with Crippen molar-refractivity contribution in [2.24, 2.45) is 11.1 Å². The third kappa shape index (κ3) is 2.36. The highest BCUT2D eigenvalue weighted by atomic mass is 16.2. The molecule has 5 heteroatoms. The number of nitrogens with two attached hydrogens (primary N) is 1. The van der Waals surface area contributed by atoms with E-state index in [1.807, 2.05) is 13.8 Å². The number of carbonyl (C=O) groups excluding carboxylic acids is 1. The molecule has 15 heavy (non-hydrogen) atoms. The molecular formula is C10H18N4O. The lowest BCUT2D eigenvalue weighted by Crippen LogP contribution is -2.41. The number of carbonyl (C=O) groups is 1. The Labute approximate surface area is 89.4 Å². The summed E-state index contributed by atoms with van der Waals surface area (Å²) in [5.74, 6) is -0.0311. The minimum Gasteiger partial charge on any atom is -0.329 e. The Kier molecular flexibility index (Phi) is 3.85. The van der Waals surface area contributed by atoms with Crippen molar-refractivity contribution >= 4 is 11.6 Å². The Hall–Kier alpha value is -1.36. The van der Waals surface area contributed by atoms with Crippen LogP contribution in [0.1, 0.15) is 26.7 Å². The minimum absolute atomic E-state index is 0.0311. The molecule has 0 fully saturated rings. The third-order valence-electron chi connectivity index (χ3n) is 2.98. The zero-order valence-electron chi connectivity index (χ0n) is 9.21. The SMILES string of the molecule is CCC(CC)(CN)C(=O)Nc1cn[nH]c1. The van der Waals surface area contributed by atoms with Crippen molar-refractivity contribution in [3.05, 3.63) is 12.4 Å².